The van der Waals surface area contributed by atoms with Crippen molar-refractivity contribution in [3.8, 4) is 5.75 Å². The SMILES string of the molecule is Cc1ccc(O)c(C(=O)N2CCC(C(O)c3ccccc3)CC2)c1. The maximum Gasteiger partial charge on any atom is 0.257 e. The van der Waals surface area contributed by atoms with Crippen LogP contribution >= 0.6 is 0 Å². The molecule has 0 aromatic heterocycles. The van der Waals surface area contributed by atoms with E-state index >= 15 is 0 Å². The van der Waals surface area contributed by atoms with Crippen LogP contribution in [0.1, 0.15) is 40.4 Å². The van der Waals surface area contributed by atoms with E-state index in [4.69, 9.17) is 0 Å². The summed E-state index contributed by atoms with van der Waals surface area (Å²) in [6.07, 6.45) is 1.03. The fraction of sp³-hybridized carbons (Fsp3) is 0.350. The number of aromatic hydroxyl groups is 1. The first-order chi connectivity index (χ1) is 11.6. The van der Waals surface area contributed by atoms with Crippen LogP contribution in [-0.4, -0.2) is 34.1 Å². The van der Waals surface area contributed by atoms with Gasteiger partial charge in [-0.1, -0.05) is 42.0 Å². The number of aliphatic hydroxyl groups excluding tert-OH is 1. The Kier molecular flexibility index (Phi) is 4.86. The third-order valence-corrected chi connectivity index (χ3v) is 4.80. The topological polar surface area (TPSA) is 60.8 Å². The molecule has 24 heavy (non-hydrogen) atoms. The molecule has 1 atom stereocenters. The van der Waals surface area contributed by atoms with E-state index in [1.165, 1.54) is 0 Å². The average molecular weight is 325 g/mol. The lowest BCUT2D eigenvalue weighted by Crippen LogP contribution is -2.39. The highest BCUT2D eigenvalue weighted by Gasteiger charge is 2.29. The summed E-state index contributed by atoms with van der Waals surface area (Å²) < 4.78 is 0. The van der Waals surface area contributed by atoms with E-state index in [1.807, 2.05) is 37.3 Å². The molecule has 0 bridgehead atoms. The van der Waals surface area contributed by atoms with Gasteiger partial charge in [0, 0.05) is 13.1 Å². The molecule has 1 aliphatic rings. The number of aliphatic hydroxyl groups is 1. The molecule has 126 valence electrons. The number of benzene rings is 2. The number of carbonyl (C=O) groups excluding carboxylic acids is 1. The van der Waals surface area contributed by atoms with Crippen molar-refractivity contribution in [2.75, 3.05) is 13.1 Å². The van der Waals surface area contributed by atoms with Crippen LogP contribution in [0.2, 0.25) is 0 Å². The number of aryl methyl sites for hydroxylation is 1. The van der Waals surface area contributed by atoms with E-state index in [0.717, 1.165) is 24.0 Å². The molecular formula is C20H23NO3. The first-order valence-electron chi connectivity index (χ1n) is 8.38. The molecule has 1 heterocycles. The van der Waals surface area contributed by atoms with Crippen LogP contribution in [0.5, 0.6) is 5.75 Å². The number of phenols is 1. The van der Waals surface area contributed by atoms with Crippen molar-refractivity contribution in [3.05, 3.63) is 65.2 Å². The second kappa shape index (κ2) is 7.05. The minimum Gasteiger partial charge on any atom is -0.507 e. The summed E-state index contributed by atoms with van der Waals surface area (Å²) in [5, 5.41) is 20.5. The summed E-state index contributed by atoms with van der Waals surface area (Å²) in [6, 6.07) is 14.7. The lowest BCUT2D eigenvalue weighted by Gasteiger charge is -2.34. The van der Waals surface area contributed by atoms with Crippen LogP contribution in [-0.2, 0) is 0 Å². The van der Waals surface area contributed by atoms with Crippen molar-refractivity contribution in [1.29, 1.82) is 0 Å². The van der Waals surface area contributed by atoms with Gasteiger partial charge < -0.3 is 15.1 Å². The minimum atomic E-state index is -0.490. The zero-order valence-corrected chi connectivity index (χ0v) is 13.9. The maximum atomic E-state index is 12.6. The predicted octanol–water partition coefficient (Wildman–Crippen LogP) is 3.29. The molecule has 0 spiro atoms. The van der Waals surface area contributed by atoms with E-state index in [1.54, 1.807) is 23.1 Å². The van der Waals surface area contributed by atoms with Crippen LogP contribution in [0.15, 0.2) is 48.5 Å². The Labute approximate surface area is 142 Å². The Morgan fingerprint density at radius 1 is 1.12 bits per heavy atom. The normalized spacial score (nSPS) is 16.8. The molecule has 2 N–H and O–H groups in total. The second-order valence-electron chi connectivity index (χ2n) is 6.51. The van der Waals surface area contributed by atoms with Gasteiger partial charge in [0.05, 0.1) is 11.7 Å². The first-order valence-corrected chi connectivity index (χ1v) is 8.38. The van der Waals surface area contributed by atoms with Gasteiger partial charge in [0.1, 0.15) is 5.75 Å². The standard InChI is InChI=1S/C20H23NO3/c1-14-7-8-18(22)17(13-14)20(24)21-11-9-16(10-12-21)19(23)15-5-3-2-4-6-15/h2-8,13,16,19,22-23H,9-12H2,1H3. The lowest BCUT2D eigenvalue weighted by molar-refractivity contribution is 0.0460. The smallest absolute Gasteiger partial charge is 0.257 e. The number of likely N-dealkylation sites (tertiary alicyclic amines) is 1. The zero-order valence-electron chi connectivity index (χ0n) is 13.9. The molecule has 0 saturated carbocycles. The van der Waals surface area contributed by atoms with Crippen molar-refractivity contribution in [1.82, 2.24) is 4.90 Å². The molecule has 1 unspecified atom stereocenters. The molecule has 0 aliphatic carbocycles. The van der Waals surface area contributed by atoms with Crippen molar-refractivity contribution < 1.29 is 15.0 Å². The van der Waals surface area contributed by atoms with Gasteiger partial charge in [0.15, 0.2) is 0 Å². The van der Waals surface area contributed by atoms with E-state index in [9.17, 15) is 15.0 Å². The Bertz CT molecular complexity index is 706. The van der Waals surface area contributed by atoms with Crippen LogP contribution in [0.4, 0.5) is 0 Å². The van der Waals surface area contributed by atoms with Crippen molar-refractivity contribution in [2.45, 2.75) is 25.9 Å². The molecule has 1 fully saturated rings. The summed E-state index contributed by atoms with van der Waals surface area (Å²) in [5.41, 5.74) is 2.24. The molecule has 1 saturated heterocycles. The van der Waals surface area contributed by atoms with Crippen molar-refractivity contribution in [3.63, 3.8) is 0 Å². The van der Waals surface area contributed by atoms with Gasteiger partial charge in [-0.3, -0.25) is 4.79 Å². The quantitative estimate of drug-likeness (QED) is 0.910. The lowest BCUT2D eigenvalue weighted by atomic mass is 9.87. The molecule has 4 nitrogen and oxygen atoms in total. The van der Waals surface area contributed by atoms with Gasteiger partial charge in [-0.05, 0) is 43.4 Å². The Hall–Kier alpha value is -2.33. The third-order valence-electron chi connectivity index (χ3n) is 4.80. The fourth-order valence-electron chi connectivity index (χ4n) is 3.33. The van der Waals surface area contributed by atoms with Gasteiger partial charge in [-0.25, -0.2) is 0 Å². The second-order valence-corrected chi connectivity index (χ2v) is 6.51. The molecule has 1 aliphatic heterocycles. The van der Waals surface area contributed by atoms with Gasteiger partial charge in [0.2, 0.25) is 0 Å². The number of amides is 1. The zero-order chi connectivity index (χ0) is 17.1. The number of phenolic OH excluding ortho intramolecular Hbond substituents is 1. The summed E-state index contributed by atoms with van der Waals surface area (Å²) in [7, 11) is 0. The Balaban J connectivity index is 1.64. The number of hydrogen-bond donors (Lipinski definition) is 2. The van der Waals surface area contributed by atoms with Crippen LogP contribution in [0, 0.1) is 12.8 Å². The highest BCUT2D eigenvalue weighted by molar-refractivity contribution is 5.97. The molecule has 3 rings (SSSR count). The molecule has 2 aromatic rings. The molecule has 0 radical (unpaired) electrons. The monoisotopic (exact) mass is 325 g/mol. The summed E-state index contributed by atoms with van der Waals surface area (Å²) in [6.45, 7) is 3.10. The van der Waals surface area contributed by atoms with E-state index < -0.39 is 6.10 Å². The number of rotatable bonds is 3. The predicted molar refractivity (Wildman–Crippen MR) is 92.9 cm³/mol. The van der Waals surface area contributed by atoms with Crippen molar-refractivity contribution >= 4 is 5.91 Å². The molecular weight excluding hydrogens is 302 g/mol. The first kappa shape index (κ1) is 16.5. The van der Waals surface area contributed by atoms with Gasteiger partial charge in [-0.2, -0.15) is 0 Å². The minimum absolute atomic E-state index is 0.0250. The summed E-state index contributed by atoms with van der Waals surface area (Å²) in [4.78, 5) is 14.4. The molecule has 4 heteroatoms. The molecule has 2 aromatic carbocycles. The van der Waals surface area contributed by atoms with Gasteiger partial charge in [0.25, 0.3) is 5.91 Å². The highest BCUT2D eigenvalue weighted by atomic mass is 16.3. The number of hydrogen-bond acceptors (Lipinski definition) is 3. The average Bonchev–Trinajstić information content (AvgIpc) is 2.63. The van der Waals surface area contributed by atoms with Crippen molar-refractivity contribution in [2.24, 2.45) is 5.92 Å². The Morgan fingerprint density at radius 2 is 1.79 bits per heavy atom. The highest BCUT2D eigenvalue weighted by Crippen LogP contribution is 2.31. The maximum absolute atomic E-state index is 12.6. The van der Waals surface area contributed by atoms with E-state index in [0.29, 0.717) is 18.7 Å². The fourth-order valence-corrected chi connectivity index (χ4v) is 3.33. The van der Waals surface area contributed by atoms with Gasteiger partial charge in [-0.15, -0.1) is 0 Å². The van der Waals surface area contributed by atoms with Crippen LogP contribution in [0.3, 0.4) is 0 Å². The Morgan fingerprint density at radius 3 is 2.46 bits per heavy atom. The third kappa shape index (κ3) is 3.44. The van der Waals surface area contributed by atoms with E-state index in [2.05, 4.69) is 0 Å². The van der Waals surface area contributed by atoms with Crippen LogP contribution < -0.4 is 0 Å². The van der Waals surface area contributed by atoms with Gasteiger partial charge >= 0.3 is 0 Å². The number of piperidine rings is 1. The largest absolute Gasteiger partial charge is 0.507 e. The van der Waals surface area contributed by atoms with Crippen LogP contribution in [0.25, 0.3) is 0 Å². The number of carbonyl (C=O) groups is 1. The number of nitrogens with zero attached hydrogens (tertiary/aromatic N) is 1. The van der Waals surface area contributed by atoms with E-state index in [-0.39, 0.29) is 17.6 Å². The molecule has 1 amide bonds. The summed E-state index contributed by atoms with van der Waals surface area (Å²) in [5.74, 6) is 0.0449. The summed E-state index contributed by atoms with van der Waals surface area (Å²) >= 11 is 0.